The summed E-state index contributed by atoms with van der Waals surface area (Å²) < 4.78 is 44.5. The van der Waals surface area contributed by atoms with Crippen LogP contribution in [0.3, 0.4) is 0 Å². The highest BCUT2D eigenvalue weighted by atomic mass is 79.9. The Balaban J connectivity index is 2.20. The first-order valence-electron chi connectivity index (χ1n) is 10.5. The third-order valence-corrected chi connectivity index (χ3v) is 8.48. The smallest absolute Gasteiger partial charge is 0.414 e. The first-order chi connectivity index (χ1) is 17.1. The normalized spacial score (nSPS) is 12.9. The Kier molecular flexibility index (Phi) is 11.6. The molecule has 0 radical (unpaired) electrons. The summed E-state index contributed by atoms with van der Waals surface area (Å²) in [6.45, 7) is 7.98. The van der Waals surface area contributed by atoms with Crippen LogP contribution in [0.15, 0.2) is 64.1 Å². The topological polar surface area (TPSA) is 128 Å². The van der Waals surface area contributed by atoms with E-state index in [9.17, 15) is 23.1 Å². The van der Waals surface area contributed by atoms with Crippen molar-refractivity contribution < 1.29 is 37.3 Å². The number of carbonyl (C=O) groups is 2. The number of ether oxygens (including phenoxy) is 3. The van der Waals surface area contributed by atoms with E-state index in [0.29, 0.717) is 23.6 Å². The van der Waals surface area contributed by atoms with E-state index in [1.807, 2.05) is 5.32 Å². The molecule has 2 N–H and O–H groups in total. The summed E-state index contributed by atoms with van der Waals surface area (Å²) in [5.41, 5.74) is 0.157. The number of aliphatic hydroxyl groups excluding tert-OH is 1. The SMILES string of the molecule is C=C(C)C(=O)NC(=O)OC(C)COc1c(Br)cc(S(=O)(=O)c2cc(Br)c(OCC(C)O)c(Br)c2)cc1Br. The number of sulfone groups is 1. The molecule has 202 valence electrons. The summed E-state index contributed by atoms with van der Waals surface area (Å²) in [6.07, 6.45) is -2.37. The van der Waals surface area contributed by atoms with Crippen LogP contribution in [0.1, 0.15) is 20.8 Å². The average Bonchev–Trinajstić information content (AvgIpc) is 2.77. The minimum absolute atomic E-state index is 0.000424. The molecule has 0 aliphatic heterocycles. The fourth-order valence-corrected chi connectivity index (χ4v) is 7.45. The maximum Gasteiger partial charge on any atom is 0.414 e. The van der Waals surface area contributed by atoms with Crippen molar-refractivity contribution in [1.29, 1.82) is 0 Å². The van der Waals surface area contributed by atoms with Crippen LogP contribution in [-0.2, 0) is 19.4 Å². The van der Waals surface area contributed by atoms with Gasteiger partial charge in [0.2, 0.25) is 9.84 Å². The zero-order valence-electron chi connectivity index (χ0n) is 19.8. The minimum Gasteiger partial charge on any atom is -0.489 e. The van der Waals surface area contributed by atoms with Gasteiger partial charge in [-0.25, -0.2) is 13.2 Å². The van der Waals surface area contributed by atoms with E-state index in [2.05, 4.69) is 70.3 Å². The van der Waals surface area contributed by atoms with Crippen LogP contribution in [0.2, 0.25) is 0 Å². The van der Waals surface area contributed by atoms with E-state index < -0.39 is 34.0 Å². The number of amides is 2. The van der Waals surface area contributed by atoms with E-state index >= 15 is 0 Å². The van der Waals surface area contributed by atoms with Gasteiger partial charge in [0.15, 0.2) is 0 Å². The molecule has 2 aromatic rings. The van der Waals surface area contributed by atoms with Gasteiger partial charge in [-0.2, -0.15) is 0 Å². The van der Waals surface area contributed by atoms with Gasteiger partial charge in [0.1, 0.15) is 30.8 Å². The standard InChI is InChI=1S/C23H23Br4NO8S/c1-11(2)22(30)28-23(31)36-13(4)10-35-21-18(26)7-15(8-19(21)27)37(32,33)14-5-16(24)20(17(25)6-14)34-9-12(3)29/h5-8,12-13,29H,1,9-10H2,2-4H3,(H,28,30,31). The number of halogens is 4. The van der Waals surface area contributed by atoms with Gasteiger partial charge in [0.25, 0.3) is 5.91 Å². The lowest BCUT2D eigenvalue weighted by molar-refractivity contribution is -0.117. The van der Waals surface area contributed by atoms with Crippen molar-refractivity contribution in [3.63, 3.8) is 0 Å². The minimum atomic E-state index is -3.96. The molecule has 0 aromatic heterocycles. The van der Waals surface area contributed by atoms with Crippen molar-refractivity contribution >= 4 is 85.6 Å². The van der Waals surface area contributed by atoms with Gasteiger partial charge in [-0.1, -0.05) is 6.58 Å². The fourth-order valence-electron chi connectivity index (χ4n) is 2.65. The Hall–Kier alpha value is -1.45. The molecule has 0 spiro atoms. The van der Waals surface area contributed by atoms with Crippen molar-refractivity contribution in [3.8, 4) is 11.5 Å². The largest absolute Gasteiger partial charge is 0.489 e. The number of aliphatic hydroxyl groups is 1. The highest BCUT2D eigenvalue weighted by molar-refractivity contribution is 9.11. The van der Waals surface area contributed by atoms with Crippen LogP contribution in [0, 0.1) is 0 Å². The second-order valence-corrected chi connectivity index (χ2v) is 13.2. The molecule has 0 bridgehead atoms. The molecule has 2 unspecified atom stereocenters. The van der Waals surface area contributed by atoms with Crippen LogP contribution >= 0.6 is 63.7 Å². The number of nitrogens with one attached hydrogen (secondary N) is 1. The van der Waals surface area contributed by atoms with Gasteiger partial charge in [-0.3, -0.25) is 10.1 Å². The number of alkyl carbamates (subject to hydrolysis) is 1. The Bertz CT molecular complexity index is 1270. The summed E-state index contributed by atoms with van der Waals surface area (Å²) in [5, 5.41) is 11.5. The maximum absolute atomic E-state index is 13.4. The Morgan fingerprint density at radius 3 is 1.70 bits per heavy atom. The van der Waals surface area contributed by atoms with E-state index in [4.69, 9.17) is 14.2 Å². The molecular formula is C23H23Br4NO8S. The molecule has 9 nitrogen and oxygen atoms in total. The molecular weight excluding hydrogens is 770 g/mol. The number of carbonyl (C=O) groups excluding carboxylic acids is 2. The second-order valence-electron chi connectivity index (χ2n) is 7.86. The van der Waals surface area contributed by atoms with Gasteiger partial charge in [0, 0.05) is 5.57 Å². The number of hydrogen-bond donors (Lipinski definition) is 2. The molecule has 0 aliphatic rings. The summed E-state index contributed by atoms with van der Waals surface area (Å²) in [6, 6.07) is 5.59. The van der Waals surface area contributed by atoms with Crippen LogP contribution in [0.4, 0.5) is 4.79 Å². The van der Waals surface area contributed by atoms with Crippen molar-refractivity contribution in [1.82, 2.24) is 5.32 Å². The van der Waals surface area contributed by atoms with Crippen LogP contribution < -0.4 is 14.8 Å². The summed E-state index contributed by atoms with van der Waals surface area (Å²) in [5.74, 6) is -0.00147. The third-order valence-electron chi connectivity index (χ3n) is 4.41. The second kappa shape index (κ2) is 13.6. The summed E-state index contributed by atoms with van der Waals surface area (Å²) in [7, 11) is -3.96. The van der Waals surface area contributed by atoms with E-state index in [1.54, 1.807) is 13.8 Å². The molecule has 2 atom stereocenters. The monoisotopic (exact) mass is 789 g/mol. The zero-order chi connectivity index (χ0) is 28.1. The van der Waals surface area contributed by atoms with Gasteiger partial charge in [-0.05, 0) is 109 Å². The number of rotatable bonds is 10. The molecule has 0 heterocycles. The molecule has 2 amide bonds. The van der Waals surface area contributed by atoms with Crippen molar-refractivity contribution in [2.24, 2.45) is 0 Å². The first-order valence-corrected chi connectivity index (χ1v) is 15.1. The van der Waals surface area contributed by atoms with Crippen LogP contribution in [0.5, 0.6) is 11.5 Å². The quantitative estimate of drug-likeness (QED) is 0.284. The lowest BCUT2D eigenvalue weighted by Gasteiger charge is -2.17. The van der Waals surface area contributed by atoms with E-state index in [0.717, 1.165) is 0 Å². The molecule has 0 fully saturated rings. The molecule has 2 rings (SSSR count). The van der Waals surface area contributed by atoms with E-state index in [-0.39, 0.29) is 34.3 Å². The van der Waals surface area contributed by atoms with Gasteiger partial charge >= 0.3 is 6.09 Å². The van der Waals surface area contributed by atoms with Crippen molar-refractivity contribution in [3.05, 3.63) is 54.3 Å². The van der Waals surface area contributed by atoms with E-state index in [1.165, 1.54) is 31.2 Å². The lowest BCUT2D eigenvalue weighted by atomic mass is 10.3. The molecule has 0 aliphatic carbocycles. The molecule has 14 heteroatoms. The molecule has 0 saturated carbocycles. The number of imide groups is 1. The summed E-state index contributed by atoms with van der Waals surface area (Å²) in [4.78, 5) is 23.3. The highest BCUT2D eigenvalue weighted by Gasteiger charge is 2.24. The third kappa shape index (κ3) is 8.79. The van der Waals surface area contributed by atoms with Crippen molar-refractivity contribution in [2.75, 3.05) is 13.2 Å². The Labute approximate surface area is 248 Å². The van der Waals surface area contributed by atoms with Gasteiger partial charge in [-0.15, -0.1) is 0 Å². The van der Waals surface area contributed by atoms with Crippen LogP contribution in [-0.4, -0.2) is 50.9 Å². The molecule has 2 aromatic carbocycles. The van der Waals surface area contributed by atoms with Crippen molar-refractivity contribution in [2.45, 2.75) is 42.8 Å². The maximum atomic E-state index is 13.4. The molecule has 37 heavy (non-hydrogen) atoms. The highest BCUT2D eigenvalue weighted by Crippen LogP contribution is 2.40. The predicted molar refractivity (Wildman–Crippen MR) is 151 cm³/mol. The van der Waals surface area contributed by atoms with Gasteiger partial charge < -0.3 is 19.3 Å². The van der Waals surface area contributed by atoms with Crippen LogP contribution in [0.25, 0.3) is 0 Å². The summed E-state index contributed by atoms with van der Waals surface area (Å²) >= 11 is 13.3. The Morgan fingerprint density at radius 2 is 1.32 bits per heavy atom. The predicted octanol–water partition coefficient (Wildman–Crippen LogP) is 5.93. The first kappa shape index (κ1) is 31.8. The van der Waals surface area contributed by atoms with Gasteiger partial charge in [0.05, 0.1) is 33.8 Å². The average molecular weight is 793 g/mol. The number of benzene rings is 2. The zero-order valence-corrected chi connectivity index (χ0v) is 27.0. The number of hydrogen-bond acceptors (Lipinski definition) is 8. The Morgan fingerprint density at radius 1 is 0.919 bits per heavy atom. The lowest BCUT2D eigenvalue weighted by Crippen LogP contribution is -2.35. The molecule has 0 saturated heterocycles. The fraction of sp³-hybridized carbons (Fsp3) is 0.304.